The van der Waals surface area contributed by atoms with E-state index in [0.717, 1.165) is 11.3 Å². The third-order valence-corrected chi connectivity index (χ3v) is 2.95. The number of rotatable bonds is 6. The highest BCUT2D eigenvalue weighted by Gasteiger charge is 2.02. The number of nitrogens with zero attached hydrogens (tertiary/aromatic N) is 2. The van der Waals surface area contributed by atoms with Crippen LogP contribution in [0.15, 0.2) is 54.3 Å². The van der Waals surface area contributed by atoms with Crippen LogP contribution in [0, 0.1) is 0 Å². The van der Waals surface area contributed by atoms with E-state index in [0.29, 0.717) is 22.5 Å². The maximum Gasteiger partial charge on any atom is 0.165 e. The molecular formula is C15H13Cl2N3O. The second-order valence-corrected chi connectivity index (χ2v) is 4.84. The molecule has 0 atom stereocenters. The number of halogens is 2. The van der Waals surface area contributed by atoms with Gasteiger partial charge in [-0.2, -0.15) is 5.10 Å². The van der Waals surface area contributed by atoms with Crippen molar-refractivity contribution in [1.29, 1.82) is 0 Å². The van der Waals surface area contributed by atoms with Crippen LogP contribution in [0.3, 0.4) is 0 Å². The molecule has 0 unspecified atom stereocenters. The summed E-state index contributed by atoms with van der Waals surface area (Å²) in [6, 6.07) is 9.13. The van der Waals surface area contributed by atoms with Crippen LogP contribution in [0.2, 0.25) is 10.0 Å². The Kier molecular flexibility index (Phi) is 5.60. The summed E-state index contributed by atoms with van der Waals surface area (Å²) in [5.41, 5.74) is 3.59. The summed E-state index contributed by atoms with van der Waals surface area (Å²) in [5, 5.41) is 4.97. The van der Waals surface area contributed by atoms with Crippen molar-refractivity contribution in [1.82, 2.24) is 4.98 Å². The van der Waals surface area contributed by atoms with Gasteiger partial charge in [-0.1, -0.05) is 48.0 Å². The van der Waals surface area contributed by atoms with Gasteiger partial charge in [0.1, 0.15) is 12.4 Å². The number of benzene rings is 1. The average Bonchev–Trinajstić information content (AvgIpc) is 2.48. The van der Waals surface area contributed by atoms with Crippen molar-refractivity contribution < 1.29 is 4.74 Å². The number of pyridine rings is 1. The van der Waals surface area contributed by atoms with Gasteiger partial charge in [0.15, 0.2) is 5.82 Å². The third kappa shape index (κ3) is 4.48. The standard InChI is InChI=1S/C15H13Cl2N3O/c1-2-7-21-14-6-4-3-5-11(14)9-19-20-15-13(17)8-12(16)10-18-15/h2-6,8-10H,1,7H2,(H,18,20)/b19-9-. The minimum atomic E-state index is 0.399. The van der Waals surface area contributed by atoms with Crippen molar-refractivity contribution in [2.45, 2.75) is 0 Å². The topological polar surface area (TPSA) is 46.5 Å². The van der Waals surface area contributed by atoms with E-state index in [1.54, 1.807) is 18.4 Å². The van der Waals surface area contributed by atoms with Crippen LogP contribution in [0.1, 0.15) is 5.56 Å². The molecule has 0 aliphatic heterocycles. The number of hydrogen-bond donors (Lipinski definition) is 1. The first-order chi connectivity index (χ1) is 10.2. The van der Waals surface area contributed by atoms with Crippen molar-refractivity contribution in [3.63, 3.8) is 0 Å². The molecule has 0 radical (unpaired) electrons. The zero-order valence-electron chi connectivity index (χ0n) is 11.1. The van der Waals surface area contributed by atoms with Crippen molar-refractivity contribution in [3.8, 4) is 5.75 Å². The first-order valence-electron chi connectivity index (χ1n) is 6.13. The van der Waals surface area contributed by atoms with Crippen molar-refractivity contribution in [2.75, 3.05) is 12.0 Å². The summed E-state index contributed by atoms with van der Waals surface area (Å²) in [5.74, 6) is 1.15. The largest absolute Gasteiger partial charge is 0.489 e. The van der Waals surface area contributed by atoms with E-state index in [1.807, 2.05) is 24.3 Å². The van der Waals surface area contributed by atoms with Gasteiger partial charge in [0.2, 0.25) is 0 Å². The highest BCUT2D eigenvalue weighted by Crippen LogP contribution is 2.22. The Labute approximate surface area is 133 Å². The zero-order chi connectivity index (χ0) is 15.1. The van der Waals surface area contributed by atoms with E-state index < -0.39 is 0 Å². The molecule has 1 heterocycles. The van der Waals surface area contributed by atoms with Gasteiger partial charge in [0, 0.05) is 11.8 Å². The second kappa shape index (κ2) is 7.67. The van der Waals surface area contributed by atoms with Crippen LogP contribution in [0.25, 0.3) is 0 Å². The smallest absolute Gasteiger partial charge is 0.165 e. The molecular weight excluding hydrogens is 309 g/mol. The van der Waals surface area contributed by atoms with E-state index in [4.69, 9.17) is 27.9 Å². The van der Waals surface area contributed by atoms with Gasteiger partial charge in [-0.05, 0) is 18.2 Å². The van der Waals surface area contributed by atoms with E-state index in [2.05, 4.69) is 22.1 Å². The van der Waals surface area contributed by atoms with Crippen LogP contribution in [0.4, 0.5) is 5.82 Å². The second-order valence-electron chi connectivity index (χ2n) is 3.99. The number of nitrogens with one attached hydrogen (secondary N) is 1. The Hall–Kier alpha value is -2.04. The summed E-state index contributed by atoms with van der Waals surface area (Å²) in [6.45, 7) is 4.05. The minimum absolute atomic E-state index is 0.399. The lowest BCUT2D eigenvalue weighted by Gasteiger charge is -2.06. The number of anilines is 1. The summed E-state index contributed by atoms with van der Waals surface area (Å²) >= 11 is 11.8. The van der Waals surface area contributed by atoms with E-state index in [-0.39, 0.29) is 0 Å². The number of aromatic nitrogens is 1. The summed E-state index contributed by atoms with van der Waals surface area (Å²) in [7, 11) is 0. The first-order valence-corrected chi connectivity index (χ1v) is 6.89. The first kappa shape index (κ1) is 15.4. The molecule has 2 rings (SSSR count). The Balaban J connectivity index is 2.09. The number of para-hydroxylation sites is 1. The monoisotopic (exact) mass is 321 g/mol. The highest BCUT2D eigenvalue weighted by atomic mass is 35.5. The van der Waals surface area contributed by atoms with Gasteiger partial charge in [-0.3, -0.25) is 5.43 Å². The normalized spacial score (nSPS) is 10.6. The van der Waals surface area contributed by atoms with E-state index in [1.165, 1.54) is 6.20 Å². The van der Waals surface area contributed by atoms with Crippen molar-refractivity contribution in [2.24, 2.45) is 5.10 Å². The predicted molar refractivity (Wildman–Crippen MR) is 87.6 cm³/mol. The zero-order valence-corrected chi connectivity index (χ0v) is 12.6. The summed E-state index contributed by atoms with van der Waals surface area (Å²) in [4.78, 5) is 4.05. The molecule has 4 nitrogen and oxygen atoms in total. The minimum Gasteiger partial charge on any atom is -0.489 e. The molecule has 0 saturated heterocycles. The molecule has 0 bridgehead atoms. The summed E-state index contributed by atoms with van der Waals surface area (Å²) < 4.78 is 5.53. The molecule has 21 heavy (non-hydrogen) atoms. The van der Waals surface area contributed by atoms with Crippen LogP contribution < -0.4 is 10.2 Å². The number of hydrazone groups is 1. The maximum atomic E-state index is 5.99. The Morgan fingerprint density at radius 2 is 2.14 bits per heavy atom. The fraction of sp³-hybridized carbons (Fsp3) is 0.0667. The van der Waals surface area contributed by atoms with Crippen molar-refractivity contribution in [3.05, 3.63) is 64.8 Å². The van der Waals surface area contributed by atoms with Gasteiger partial charge >= 0.3 is 0 Å². The molecule has 2 aromatic rings. The average molecular weight is 322 g/mol. The number of hydrogen-bond acceptors (Lipinski definition) is 4. The van der Waals surface area contributed by atoms with E-state index in [9.17, 15) is 0 Å². The van der Waals surface area contributed by atoms with Gasteiger partial charge in [-0.25, -0.2) is 4.98 Å². The molecule has 1 aromatic heterocycles. The van der Waals surface area contributed by atoms with Gasteiger partial charge in [0.05, 0.1) is 16.3 Å². The number of ether oxygens (including phenoxy) is 1. The molecule has 0 amide bonds. The van der Waals surface area contributed by atoms with Crippen LogP contribution >= 0.6 is 23.2 Å². The molecule has 0 aliphatic rings. The Morgan fingerprint density at radius 3 is 2.90 bits per heavy atom. The maximum absolute atomic E-state index is 5.99. The quantitative estimate of drug-likeness (QED) is 0.487. The van der Waals surface area contributed by atoms with Crippen LogP contribution in [-0.4, -0.2) is 17.8 Å². The van der Waals surface area contributed by atoms with Gasteiger partial charge < -0.3 is 4.74 Å². The lowest BCUT2D eigenvalue weighted by atomic mass is 10.2. The lowest BCUT2D eigenvalue weighted by molar-refractivity contribution is 0.363. The van der Waals surface area contributed by atoms with Crippen LogP contribution in [0.5, 0.6) is 5.75 Å². The molecule has 6 heteroatoms. The third-order valence-electron chi connectivity index (χ3n) is 2.46. The Morgan fingerprint density at radius 1 is 1.33 bits per heavy atom. The van der Waals surface area contributed by atoms with Crippen molar-refractivity contribution >= 4 is 35.2 Å². The molecule has 108 valence electrons. The Bertz CT molecular complexity index is 659. The molecule has 0 saturated carbocycles. The highest BCUT2D eigenvalue weighted by molar-refractivity contribution is 6.35. The summed E-state index contributed by atoms with van der Waals surface area (Å²) in [6.07, 6.45) is 4.81. The fourth-order valence-electron chi connectivity index (χ4n) is 1.53. The van der Waals surface area contributed by atoms with Gasteiger partial charge in [-0.15, -0.1) is 0 Å². The van der Waals surface area contributed by atoms with Gasteiger partial charge in [0.25, 0.3) is 0 Å². The fourth-order valence-corrected chi connectivity index (χ4v) is 1.95. The lowest BCUT2D eigenvalue weighted by Crippen LogP contribution is -1.98. The molecule has 0 aliphatic carbocycles. The predicted octanol–water partition coefficient (Wildman–Crippen LogP) is 4.40. The van der Waals surface area contributed by atoms with E-state index >= 15 is 0 Å². The van der Waals surface area contributed by atoms with Crippen LogP contribution in [-0.2, 0) is 0 Å². The SMILES string of the molecule is C=CCOc1ccccc1/C=N\Nc1ncc(Cl)cc1Cl. The molecule has 1 aromatic carbocycles. The molecule has 0 spiro atoms. The molecule has 1 N–H and O–H groups in total. The molecule has 0 fully saturated rings.